The second-order valence-electron chi connectivity index (χ2n) is 4.12. The van der Waals surface area contributed by atoms with Gasteiger partial charge >= 0.3 is 6.29 Å². The quantitative estimate of drug-likeness (QED) is 0.860. The lowest BCUT2D eigenvalue weighted by Crippen LogP contribution is -2.25. The van der Waals surface area contributed by atoms with Gasteiger partial charge in [-0.05, 0) is 30.7 Å². The number of nitrogens with zero attached hydrogens (tertiary/aromatic N) is 2. The van der Waals surface area contributed by atoms with Crippen molar-refractivity contribution in [2.45, 2.75) is 13.2 Å². The molecular formula is C12H8ClF2N3O2. The first-order chi connectivity index (χ1) is 9.43. The summed E-state index contributed by atoms with van der Waals surface area (Å²) in [4.78, 5) is 7.84. The summed E-state index contributed by atoms with van der Waals surface area (Å²) in [5.41, 5.74) is 1.28. The molecule has 20 heavy (non-hydrogen) atoms. The van der Waals surface area contributed by atoms with E-state index >= 15 is 0 Å². The number of aromatic nitrogens is 2. The van der Waals surface area contributed by atoms with Gasteiger partial charge in [-0.15, -0.1) is 8.78 Å². The van der Waals surface area contributed by atoms with Crippen molar-refractivity contribution in [1.29, 1.82) is 0 Å². The predicted molar refractivity (Wildman–Crippen MR) is 67.7 cm³/mol. The van der Waals surface area contributed by atoms with Crippen LogP contribution in [0.25, 0.3) is 0 Å². The molecule has 1 N–H and O–H groups in total. The number of aryl methyl sites for hydroxylation is 1. The lowest BCUT2D eigenvalue weighted by Gasteiger charge is -2.08. The van der Waals surface area contributed by atoms with E-state index in [9.17, 15) is 8.78 Å². The second-order valence-corrected chi connectivity index (χ2v) is 4.46. The van der Waals surface area contributed by atoms with Crippen LogP contribution in [0, 0.1) is 6.92 Å². The summed E-state index contributed by atoms with van der Waals surface area (Å²) < 4.78 is 34.5. The third-order valence-corrected chi connectivity index (χ3v) is 2.79. The van der Waals surface area contributed by atoms with Crippen molar-refractivity contribution in [3.8, 4) is 11.5 Å². The molecule has 0 fully saturated rings. The number of halogens is 3. The molecule has 8 heteroatoms. The van der Waals surface area contributed by atoms with Crippen LogP contribution in [0.1, 0.15) is 5.56 Å². The van der Waals surface area contributed by atoms with Crippen molar-refractivity contribution in [2.75, 3.05) is 5.32 Å². The van der Waals surface area contributed by atoms with Gasteiger partial charge in [0, 0.05) is 23.5 Å². The molecule has 0 amide bonds. The number of ether oxygens (including phenoxy) is 2. The van der Waals surface area contributed by atoms with E-state index in [1.807, 2.05) is 0 Å². The van der Waals surface area contributed by atoms with Gasteiger partial charge in [-0.2, -0.15) is 0 Å². The van der Waals surface area contributed by atoms with Crippen LogP contribution < -0.4 is 14.8 Å². The maximum Gasteiger partial charge on any atom is 0.586 e. The molecule has 3 rings (SSSR count). The number of hydrogen-bond donors (Lipinski definition) is 1. The SMILES string of the molecule is Cc1cnc(Cl)nc1Nc1ccc2c(c1)OC(F)(F)O2. The molecule has 0 radical (unpaired) electrons. The Balaban J connectivity index is 1.88. The molecule has 1 aliphatic rings. The third kappa shape index (κ3) is 2.44. The van der Waals surface area contributed by atoms with Crippen molar-refractivity contribution in [1.82, 2.24) is 9.97 Å². The maximum absolute atomic E-state index is 12.9. The number of benzene rings is 1. The first-order valence-corrected chi connectivity index (χ1v) is 5.97. The van der Waals surface area contributed by atoms with Gasteiger partial charge < -0.3 is 14.8 Å². The smallest absolute Gasteiger partial charge is 0.395 e. The van der Waals surface area contributed by atoms with Gasteiger partial charge in [0.05, 0.1) is 0 Å². The first kappa shape index (κ1) is 12.9. The van der Waals surface area contributed by atoms with E-state index in [1.165, 1.54) is 12.1 Å². The molecular weight excluding hydrogens is 292 g/mol. The largest absolute Gasteiger partial charge is 0.586 e. The molecule has 0 aliphatic carbocycles. The maximum atomic E-state index is 12.9. The molecule has 0 bridgehead atoms. The van der Waals surface area contributed by atoms with Gasteiger partial charge in [0.2, 0.25) is 5.28 Å². The predicted octanol–water partition coefficient (Wildman–Crippen LogP) is 3.50. The van der Waals surface area contributed by atoms with Gasteiger partial charge in [0.15, 0.2) is 11.5 Å². The zero-order chi connectivity index (χ0) is 14.3. The summed E-state index contributed by atoms with van der Waals surface area (Å²) in [5, 5.41) is 3.04. The minimum absolute atomic E-state index is 0.0157. The standard InChI is InChI=1S/C12H8ClF2N3O2/c1-6-5-16-11(13)18-10(6)17-7-2-3-8-9(4-7)20-12(14,15)19-8/h2-5H,1H3,(H,16,17,18). The fraction of sp³-hybridized carbons (Fsp3) is 0.167. The van der Waals surface area contributed by atoms with Crippen LogP contribution in [0.5, 0.6) is 11.5 Å². The molecule has 0 unspecified atom stereocenters. The van der Waals surface area contributed by atoms with Crippen molar-refractivity contribution in [2.24, 2.45) is 0 Å². The Bertz CT molecular complexity index is 682. The molecule has 0 spiro atoms. The summed E-state index contributed by atoms with van der Waals surface area (Å²) in [6, 6.07) is 4.35. The highest BCUT2D eigenvalue weighted by Gasteiger charge is 2.43. The van der Waals surface area contributed by atoms with Crippen LogP contribution in [0.2, 0.25) is 5.28 Å². The van der Waals surface area contributed by atoms with Crippen LogP contribution >= 0.6 is 11.6 Å². The highest BCUT2D eigenvalue weighted by atomic mass is 35.5. The first-order valence-electron chi connectivity index (χ1n) is 5.59. The van der Waals surface area contributed by atoms with E-state index in [4.69, 9.17) is 11.6 Å². The van der Waals surface area contributed by atoms with Gasteiger partial charge in [0.25, 0.3) is 0 Å². The van der Waals surface area contributed by atoms with Crippen molar-refractivity contribution >= 4 is 23.1 Å². The van der Waals surface area contributed by atoms with Crippen LogP contribution in [0.15, 0.2) is 24.4 Å². The molecule has 1 aromatic carbocycles. The van der Waals surface area contributed by atoms with E-state index in [1.54, 1.807) is 19.2 Å². The Kier molecular flexibility index (Phi) is 2.86. The Hall–Kier alpha value is -2.15. The molecule has 2 heterocycles. The fourth-order valence-corrected chi connectivity index (χ4v) is 1.84. The minimum atomic E-state index is -3.63. The van der Waals surface area contributed by atoms with Crippen molar-refractivity contribution < 1.29 is 18.3 Å². The molecule has 1 aromatic heterocycles. The summed E-state index contributed by atoms with van der Waals surface area (Å²) in [7, 11) is 0. The Morgan fingerprint density at radius 2 is 2.00 bits per heavy atom. The Morgan fingerprint density at radius 1 is 1.25 bits per heavy atom. The van der Waals surface area contributed by atoms with E-state index in [0.717, 1.165) is 5.56 Å². The highest BCUT2D eigenvalue weighted by molar-refractivity contribution is 6.28. The average Bonchev–Trinajstić information content (AvgIpc) is 2.67. The molecule has 2 aromatic rings. The van der Waals surface area contributed by atoms with Gasteiger partial charge in [-0.1, -0.05) is 0 Å². The molecule has 104 valence electrons. The van der Waals surface area contributed by atoms with E-state index in [0.29, 0.717) is 11.5 Å². The van der Waals surface area contributed by atoms with Crippen LogP contribution in [-0.2, 0) is 0 Å². The van der Waals surface area contributed by atoms with E-state index < -0.39 is 6.29 Å². The molecule has 1 aliphatic heterocycles. The normalized spacial score (nSPS) is 15.2. The summed E-state index contributed by atoms with van der Waals surface area (Å²) in [6.07, 6.45) is -2.08. The molecule has 0 saturated heterocycles. The lowest BCUT2D eigenvalue weighted by molar-refractivity contribution is -0.286. The monoisotopic (exact) mass is 299 g/mol. The second kappa shape index (κ2) is 4.45. The summed E-state index contributed by atoms with van der Waals surface area (Å²) >= 11 is 5.71. The number of alkyl halides is 2. The third-order valence-electron chi connectivity index (χ3n) is 2.61. The van der Waals surface area contributed by atoms with Crippen LogP contribution in [0.3, 0.4) is 0 Å². The number of hydrogen-bond acceptors (Lipinski definition) is 5. The zero-order valence-corrected chi connectivity index (χ0v) is 10.9. The Labute approximate surface area is 117 Å². The van der Waals surface area contributed by atoms with E-state index in [2.05, 4.69) is 24.8 Å². The number of nitrogens with one attached hydrogen (secondary N) is 1. The van der Waals surface area contributed by atoms with Crippen LogP contribution in [0.4, 0.5) is 20.3 Å². The van der Waals surface area contributed by atoms with Gasteiger partial charge in [-0.3, -0.25) is 0 Å². The molecule has 0 saturated carbocycles. The summed E-state index contributed by atoms with van der Waals surface area (Å²) in [5.74, 6) is 0.423. The lowest BCUT2D eigenvalue weighted by atomic mass is 10.2. The minimum Gasteiger partial charge on any atom is -0.395 e. The van der Waals surface area contributed by atoms with Crippen molar-refractivity contribution in [3.05, 3.63) is 35.2 Å². The number of fused-ring (bicyclic) bond motifs is 1. The highest BCUT2D eigenvalue weighted by Crippen LogP contribution is 2.42. The fourth-order valence-electron chi connectivity index (χ4n) is 1.71. The van der Waals surface area contributed by atoms with Gasteiger partial charge in [0.1, 0.15) is 5.82 Å². The molecule has 5 nitrogen and oxygen atoms in total. The van der Waals surface area contributed by atoms with Crippen molar-refractivity contribution in [3.63, 3.8) is 0 Å². The summed E-state index contributed by atoms with van der Waals surface area (Å²) in [6.45, 7) is 1.79. The topological polar surface area (TPSA) is 56.3 Å². The number of anilines is 2. The van der Waals surface area contributed by atoms with Crippen LogP contribution in [-0.4, -0.2) is 16.3 Å². The number of rotatable bonds is 2. The van der Waals surface area contributed by atoms with E-state index in [-0.39, 0.29) is 16.8 Å². The van der Waals surface area contributed by atoms with Gasteiger partial charge in [-0.25, -0.2) is 9.97 Å². The average molecular weight is 300 g/mol. The molecule has 0 atom stereocenters. The zero-order valence-electron chi connectivity index (χ0n) is 10.2. The Morgan fingerprint density at radius 3 is 2.80 bits per heavy atom.